The molecule has 0 spiro atoms. The average molecular weight is 188 g/mol. The van der Waals surface area contributed by atoms with Crippen LogP contribution in [0.25, 0.3) is 17.7 Å². The van der Waals surface area contributed by atoms with Gasteiger partial charge in [0, 0.05) is 12.4 Å². The van der Waals surface area contributed by atoms with Crippen molar-refractivity contribution in [2.45, 2.75) is 6.92 Å². The van der Waals surface area contributed by atoms with Gasteiger partial charge in [-0.25, -0.2) is 9.97 Å². The zero-order valence-corrected chi connectivity index (χ0v) is 7.64. The molecule has 0 aliphatic heterocycles. The van der Waals surface area contributed by atoms with E-state index in [0.29, 0.717) is 17.5 Å². The molecule has 2 aromatic rings. The topological polar surface area (TPSA) is 64.7 Å². The lowest BCUT2D eigenvalue weighted by molar-refractivity contribution is 0.411. The molecule has 70 valence electrons. The van der Waals surface area contributed by atoms with Gasteiger partial charge in [-0.1, -0.05) is 11.7 Å². The number of hydrogen-bond donors (Lipinski definition) is 0. The summed E-state index contributed by atoms with van der Waals surface area (Å²) in [6.07, 6.45) is 4.88. The summed E-state index contributed by atoms with van der Waals surface area (Å²) in [5.74, 6) is 1.19. The molecule has 14 heavy (non-hydrogen) atoms. The van der Waals surface area contributed by atoms with E-state index in [4.69, 9.17) is 4.52 Å². The molecule has 0 aromatic carbocycles. The van der Waals surface area contributed by atoms with E-state index in [9.17, 15) is 0 Å². The molecule has 0 N–H and O–H groups in total. The van der Waals surface area contributed by atoms with Crippen molar-refractivity contribution >= 4 is 6.08 Å². The minimum Gasteiger partial charge on any atom is -0.334 e. The number of rotatable bonds is 2. The van der Waals surface area contributed by atoms with Gasteiger partial charge >= 0.3 is 0 Å². The smallest absolute Gasteiger partial charge is 0.250 e. The third-order valence-corrected chi connectivity index (χ3v) is 1.60. The van der Waals surface area contributed by atoms with Crippen molar-refractivity contribution in [2.75, 3.05) is 0 Å². The lowest BCUT2D eigenvalue weighted by Gasteiger charge is -1.92. The highest BCUT2D eigenvalue weighted by atomic mass is 16.5. The van der Waals surface area contributed by atoms with E-state index in [2.05, 4.69) is 26.7 Å². The van der Waals surface area contributed by atoms with E-state index in [1.165, 1.54) is 6.08 Å². The van der Waals surface area contributed by atoms with E-state index in [1.54, 1.807) is 12.4 Å². The summed E-state index contributed by atoms with van der Waals surface area (Å²) in [5.41, 5.74) is 0.987. The van der Waals surface area contributed by atoms with Crippen molar-refractivity contribution in [3.05, 3.63) is 30.4 Å². The van der Waals surface area contributed by atoms with Gasteiger partial charge in [0.05, 0.1) is 0 Å². The van der Waals surface area contributed by atoms with Crippen LogP contribution in [0.15, 0.2) is 23.5 Å². The predicted molar refractivity (Wildman–Crippen MR) is 50.2 cm³/mol. The Kier molecular flexibility index (Phi) is 2.06. The molecule has 0 radical (unpaired) electrons. The first kappa shape index (κ1) is 8.55. The number of aryl methyl sites for hydroxylation is 1. The lowest BCUT2D eigenvalue weighted by Crippen LogP contribution is -1.90. The molecule has 0 amide bonds. The van der Waals surface area contributed by atoms with Gasteiger partial charge in [0.2, 0.25) is 17.5 Å². The van der Waals surface area contributed by atoms with E-state index in [1.807, 2.05) is 6.92 Å². The maximum absolute atomic E-state index is 4.84. The minimum atomic E-state index is 0.365. The Hall–Kier alpha value is -2.04. The van der Waals surface area contributed by atoms with Gasteiger partial charge < -0.3 is 4.52 Å². The highest BCUT2D eigenvalue weighted by Crippen LogP contribution is 2.10. The van der Waals surface area contributed by atoms with Crippen molar-refractivity contribution in [3.8, 4) is 11.6 Å². The van der Waals surface area contributed by atoms with E-state index in [-0.39, 0.29) is 0 Å². The van der Waals surface area contributed by atoms with E-state index >= 15 is 0 Å². The highest BCUT2D eigenvalue weighted by molar-refractivity contribution is 5.44. The van der Waals surface area contributed by atoms with Crippen molar-refractivity contribution in [1.82, 2.24) is 20.1 Å². The summed E-state index contributed by atoms with van der Waals surface area (Å²) in [7, 11) is 0. The predicted octanol–water partition coefficient (Wildman–Crippen LogP) is 1.48. The molecule has 0 bridgehead atoms. The summed E-state index contributed by atoms with van der Waals surface area (Å²) in [5, 5.41) is 3.70. The molecule has 0 atom stereocenters. The maximum Gasteiger partial charge on any atom is 0.250 e. The van der Waals surface area contributed by atoms with E-state index in [0.717, 1.165) is 5.56 Å². The SMILES string of the molecule is C=Cc1nc(-c2ncc(C)cn2)no1. The van der Waals surface area contributed by atoms with Gasteiger partial charge in [-0.3, -0.25) is 0 Å². The lowest BCUT2D eigenvalue weighted by atomic mass is 10.4. The van der Waals surface area contributed by atoms with Crippen LogP contribution in [0.4, 0.5) is 0 Å². The Bertz CT molecular complexity index is 446. The normalized spacial score (nSPS) is 10.1. The fourth-order valence-corrected chi connectivity index (χ4v) is 0.917. The molecule has 2 aromatic heterocycles. The molecule has 5 nitrogen and oxygen atoms in total. The molecular formula is C9H8N4O. The number of aromatic nitrogens is 4. The Morgan fingerprint density at radius 2 is 2.00 bits per heavy atom. The summed E-state index contributed by atoms with van der Waals surface area (Å²) in [4.78, 5) is 12.1. The van der Waals surface area contributed by atoms with Crippen molar-refractivity contribution in [1.29, 1.82) is 0 Å². The molecule has 0 aliphatic rings. The van der Waals surface area contributed by atoms with Crippen molar-refractivity contribution in [2.24, 2.45) is 0 Å². The molecule has 2 rings (SSSR count). The van der Waals surface area contributed by atoms with E-state index < -0.39 is 0 Å². The minimum absolute atomic E-state index is 0.365. The average Bonchev–Trinajstić information content (AvgIpc) is 2.67. The molecule has 0 saturated carbocycles. The Labute approximate surface area is 80.5 Å². The van der Waals surface area contributed by atoms with Gasteiger partial charge in [0.1, 0.15) is 0 Å². The summed E-state index contributed by atoms with van der Waals surface area (Å²) in [6, 6.07) is 0. The molecule has 5 heteroatoms. The maximum atomic E-state index is 4.84. The van der Waals surface area contributed by atoms with Gasteiger partial charge in [0.15, 0.2) is 0 Å². The van der Waals surface area contributed by atoms with Crippen LogP contribution in [0.1, 0.15) is 11.5 Å². The second kappa shape index (κ2) is 3.37. The van der Waals surface area contributed by atoms with Crippen LogP contribution in [0.3, 0.4) is 0 Å². The number of hydrogen-bond acceptors (Lipinski definition) is 5. The van der Waals surface area contributed by atoms with Gasteiger partial charge in [-0.15, -0.1) is 0 Å². The first-order chi connectivity index (χ1) is 6.79. The first-order valence-electron chi connectivity index (χ1n) is 4.05. The van der Waals surface area contributed by atoms with Crippen molar-refractivity contribution in [3.63, 3.8) is 0 Å². The summed E-state index contributed by atoms with van der Waals surface area (Å²) < 4.78 is 4.84. The summed E-state index contributed by atoms with van der Waals surface area (Å²) >= 11 is 0. The Morgan fingerprint density at radius 1 is 1.29 bits per heavy atom. The summed E-state index contributed by atoms with van der Waals surface area (Å²) in [6.45, 7) is 5.43. The van der Waals surface area contributed by atoms with Crippen LogP contribution in [0.2, 0.25) is 0 Å². The monoisotopic (exact) mass is 188 g/mol. The second-order valence-electron chi connectivity index (χ2n) is 2.74. The first-order valence-corrected chi connectivity index (χ1v) is 4.05. The zero-order chi connectivity index (χ0) is 9.97. The fraction of sp³-hybridized carbons (Fsp3) is 0.111. The number of nitrogens with zero attached hydrogens (tertiary/aromatic N) is 4. The third kappa shape index (κ3) is 1.52. The highest BCUT2D eigenvalue weighted by Gasteiger charge is 2.08. The van der Waals surface area contributed by atoms with Gasteiger partial charge in [-0.2, -0.15) is 4.98 Å². The molecule has 2 heterocycles. The van der Waals surface area contributed by atoms with Crippen LogP contribution < -0.4 is 0 Å². The fourth-order valence-electron chi connectivity index (χ4n) is 0.917. The zero-order valence-electron chi connectivity index (χ0n) is 7.64. The van der Waals surface area contributed by atoms with Crippen LogP contribution in [0, 0.1) is 6.92 Å². The Morgan fingerprint density at radius 3 is 2.57 bits per heavy atom. The second-order valence-corrected chi connectivity index (χ2v) is 2.74. The quantitative estimate of drug-likeness (QED) is 0.714. The van der Waals surface area contributed by atoms with Crippen LogP contribution in [-0.2, 0) is 0 Å². The van der Waals surface area contributed by atoms with Crippen LogP contribution in [0.5, 0.6) is 0 Å². The van der Waals surface area contributed by atoms with Crippen LogP contribution >= 0.6 is 0 Å². The standard InChI is InChI=1S/C9H8N4O/c1-3-7-12-9(13-14-7)8-10-4-6(2)5-11-8/h3-5H,1H2,2H3. The van der Waals surface area contributed by atoms with Gasteiger partial charge in [0.25, 0.3) is 0 Å². The molecule has 0 aliphatic carbocycles. The van der Waals surface area contributed by atoms with Crippen molar-refractivity contribution < 1.29 is 4.52 Å². The molecule has 0 unspecified atom stereocenters. The Balaban J connectivity index is 2.39. The van der Waals surface area contributed by atoms with Crippen LogP contribution in [-0.4, -0.2) is 20.1 Å². The molecule has 0 saturated heterocycles. The largest absolute Gasteiger partial charge is 0.334 e. The molecular weight excluding hydrogens is 180 g/mol. The van der Waals surface area contributed by atoms with Gasteiger partial charge in [-0.05, 0) is 18.6 Å². The molecule has 0 fully saturated rings. The third-order valence-electron chi connectivity index (χ3n) is 1.60.